The summed E-state index contributed by atoms with van der Waals surface area (Å²) in [5, 5.41) is 2.51. The summed E-state index contributed by atoms with van der Waals surface area (Å²) in [5.41, 5.74) is 1.30. The molecule has 29 heavy (non-hydrogen) atoms. The van der Waals surface area contributed by atoms with E-state index in [2.05, 4.69) is 53.9 Å². The van der Waals surface area contributed by atoms with E-state index >= 15 is 0 Å². The number of carbonyl (C=O) groups excluding carboxylic acids is 2. The van der Waals surface area contributed by atoms with Gasteiger partial charge in [-0.3, -0.25) is 9.69 Å². The number of hydrogen-bond acceptors (Lipinski definition) is 5. The average Bonchev–Trinajstić information content (AvgIpc) is 2.76. The Bertz CT molecular complexity index is 854. The molecule has 2 aromatic carbocycles. The molecule has 1 fully saturated rings. The molecule has 0 N–H and O–H groups in total. The summed E-state index contributed by atoms with van der Waals surface area (Å²) in [5.74, 6) is -0.700. The van der Waals surface area contributed by atoms with Gasteiger partial charge in [0.1, 0.15) is 0 Å². The molecule has 0 saturated carbocycles. The van der Waals surface area contributed by atoms with Crippen LogP contribution in [0, 0.1) is 0 Å². The Labute approximate surface area is 171 Å². The lowest BCUT2D eigenvalue weighted by atomic mass is 10.0. The van der Waals surface area contributed by atoms with Crippen LogP contribution in [0.1, 0.15) is 12.5 Å². The molecule has 1 atom stereocenters. The fourth-order valence-corrected chi connectivity index (χ4v) is 3.45. The van der Waals surface area contributed by atoms with E-state index in [-0.39, 0.29) is 19.1 Å². The Balaban J connectivity index is 1.45. The highest BCUT2D eigenvalue weighted by Gasteiger charge is 2.23. The molecule has 1 heterocycles. The first-order valence-electron chi connectivity index (χ1n) is 9.94. The van der Waals surface area contributed by atoms with Gasteiger partial charge in [-0.1, -0.05) is 48.5 Å². The van der Waals surface area contributed by atoms with Gasteiger partial charge in [-0.25, -0.2) is 4.79 Å². The van der Waals surface area contributed by atoms with Crippen molar-refractivity contribution < 1.29 is 19.1 Å². The Hall–Kier alpha value is -2.70. The molecule has 0 spiro atoms. The van der Waals surface area contributed by atoms with Crippen molar-refractivity contribution in [2.45, 2.75) is 19.6 Å². The summed E-state index contributed by atoms with van der Waals surface area (Å²) in [7, 11) is 0. The van der Waals surface area contributed by atoms with Crippen molar-refractivity contribution in [1.82, 2.24) is 9.80 Å². The predicted molar refractivity (Wildman–Crippen MR) is 112 cm³/mol. The Morgan fingerprint density at radius 1 is 1.10 bits per heavy atom. The second-order valence-electron chi connectivity index (χ2n) is 7.17. The van der Waals surface area contributed by atoms with Crippen LogP contribution in [0.4, 0.5) is 0 Å². The van der Waals surface area contributed by atoms with Gasteiger partial charge in [0.25, 0.3) is 5.91 Å². The summed E-state index contributed by atoms with van der Waals surface area (Å²) < 4.78 is 10.3. The van der Waals surface area contributed by atoms with Crippen LogP contribution in [0.15, 0.2) is 55.1 Å². The van der Waals surface area contributed by atoms with Crippen LogP contribution in [-0.2, 0) is 25.6 Å². The zero-order valence-electron chi connectivity index (χ0n) is 16.9. The van der Waals surface area contributed by atoms with Gasteiger partial charge in [-0.05, 0) is 23.3 Å². The molecule has 1 saturated heterocycles. The van der Waals surface area contributed by atoms with Gasteiger partial charge in [0.05, 0.1) is 6.61 Å². The number of hydrogen-bond donors (Lipinski definition) is 0. The fourth-order valence-electron chi connectivity index (χ4n) is 3.45. The maximum atomic E-state index is 12.4. The molecule has 1 aliphatic heterocycles. The Morgan fingerprint density at radius 2 is 1.83 bits per heavy atom. The van der Waals surface area contributed by atoms with Crippen molar-refractivity contribution in [1.29, 1.82) is 0 Å². The minimum atomic E-state index is -0.710. The van der Waals surface area contributed by atoms with Crippen molar-refractivity contribution in [2.24, 2.45) is 0 Å². The first kappa shape index (κ1) is 21.0. The Morgan fingerprint density at radius 3 is 2.59 bits per heavy atom. The number of ether oxygens (including phenoxy) is 2. The quantitative estimate of drug-likeness (QED) is 0.507. The normalized spacial score (nSPS) is 15.8. The molecule has 6 nitrogen and oxygen atoms in total. The molecule has 0 aliphatic carbocycles. The van der Waals surface area contributed by atoms with Gasteiger partial charge < -0.3 is 14.4 Å². The molecular weight excluding hydrogens is 368 g/mol. The summed E-state index contributed by atoms with van der Waals surface area (Å²) in [6.45, 7) is 8.85. The molecule has 0 aromatic heterocycles. The standard InChI is InChI=1S/C23H28N2O4/c1-3-15-28-18(2)23(27)29-17-22(26)25-13-11-24(12-14-25)16-20-9-6-8-19-7-4-5-10-21(19)20/h3-10,18H,1,11-17H2,2H3. The number of esters is 1. The highest BCUT2D eigenvalue weighted by atomic mass is 16.6. The van der Waals surface area contributed by atoms with Gasteiger partial charge in [0, 0.05) is 32.7 Å². The van der Waals surface area contributed by atoms with E-state index in [0.29, 0.717) is 13.1 Å². The van der Waals surface area contributed by atoms with Gasteiger partial charge in [0.15, 0.2) is 12.7 Å². The maximum absolute atomic E-state index is 12.4. The minimum absolute atomic E-state index is 0.168. The maximum Gasteiger partial charge on any atom is 0.335 e. The fraction of sp³-hybridized carbons (Fsp3) is 0.391. The van der Waals surface area contributed by atoms with E-state index in [1.54, 1.807) is 17.9 Å². The third-order valence-corrected chi connectivity index (χ3v) is 5.13. The topological polar surface area (TPSA) is 59.1 Å². The van der Waals surface area contributed by atoms with Crippen LogP contribution in [0.2, 0.25) is 0 Å². The molecule has 1 unspecified atom stereocenters. The summed E-state index contributed by atoms with van der Waals surface area (Å²) >= 11 is 0. The van der Waals surface area contributed by atoms with E-state index in [4.69, 9.17) is 9.47 Å². The molecule has 2 aromatic rings. The minimum Gasteiger partial charge on any atom is -0.454 e. The van der Waals surface area contributed by atoms with Crippen LogP contribution in [0.5, 0.6) is 0 Å². The van der Waals surface area contributed by atoms with E-state index in [0.717, 1.165) is 19.6 Å². The third-order valence-electron chi connectivity index (χ3n) is 5.13. The lowest BCUT2D eigenvalue weighted by Gasteiger charge is -2.34. The number of amides is 1. The molecule has 3 rings (SSSR count). The smallest absolute Gasteiger partial charge is 0.335 e. The first-order valence-corrected chi connectivity index (χ1v) is 9.94. The van der Waals surface area contributed by atoms with Crippen LogP contribution >= 0.6 is 0 Å². The molecule has 1 aliphatic rings. The van der Waals surface area contributed by atoms with Crippen molar-refractivity contribution in [3.8, 4) is 0 Å². The Kier molecular flexibility index (Phi) is 7.38. The van der Waals surface area contributed by atoms with E-state index in [9.17, 15) is 9.59 Å². The van der Waals surface area contributed by atoms with Crippen LogP contribution in [-0.4, -0.2) is 67.2 Å². The SMILES string of the molecule is C=CCOC(C)C(=O)OCC(=O)N1CCN(Cc2cccc3ccccc23)CC1. The number of nitrogens with zero attached hydrogens (tertiary/aromatic N) is 2. The second kappa shape index (κ2) is 10.2. The number of benzene rings is 2. The number of carbonyl (C=O) groups is 2. The monoisotopic (exact) mass is 396 g/mol. The molecule has 1 amide bonds. The summed E-state index contributed by atoms with van der Waals surface area (Å²) in [6.07, 6.45) is 0.852. The lowest BCUT2D eigenvalue weighted by Crippen LogP contribution is -2.49. The molecule has 6 heteroatoms. The van der Waals surface area contributed by atoms with Crippen molar-refractivity contribution >= 4 is 22.6 Å². The number of rotatable bonds is 8. The van der Waals surface area contributed by atoms with Crippen LogP contribution in [0.3, 0.4) is 0 Å². The number of piperazine rings is 1. The van der Waals surface area contributed by atoms with Crippen LogP contribution < -0.4 is 0 Å². The number of fused-ring (bicyclic) bond motifs is 1. The van der Waals surface area contributed by atoms with E-state index < -0.39 is 12.1 Å². The van der Waals surface area contributed by atoms with E-state index in [1.165, 1.54) is 16.3 Å². The molecule has 154 valence electrons. The molecular formula is C23H28N2O4. The summed E-state index contributed by atoms with van der Waals surface area (Å²) in [6, 6.07) is 14.8. The summed E-state index contributed by atoms with van der Waals surface area (Å²) in [4.78, 5) is 28.3. The zero-order valence-corrected chi connectivity index (χ0v) is 16.9. The highest BCUT2D eigenvalue weighted by molar-refractivity contribution is 5.85. The first-order chi connectivity index (χ1) is 14.1. The van der Waals surface area contributed by atoms with Crippen LogP contribution in [0.25, 0.3) is 10.8 Å². The average molecular weight is 396 g/mol. The largest absolute Gasteiger partial charge is 0.454 e. The van der Waals surface area contributed by atoms with E-state index in [1.807, 2.05) is 0 Å². The second-order valence-corrected chi connectivity index (χ2v) is 7.17. The van der Waals surface area contributed by atoms with Gasteiger partial charge in [-0.2, -0.15) is 0 Å². The predicted octanol–water partition coefficient (Wildman–Crippen LogP) is 2.62. The molecule has 0 radical (unpaired) electrons. The molecule has 0 bridgehead atoms. The highest BCUT2D eigenvalue weighted by Crippen LogP contribution is 2.20. The van der Waals surface area contributed by atoms with Crippen molar-refractivity contribution in [2.75, 3.05) is 39.4 Å². The van der Waals surface area contributed by atoms with Gasteiger partial charge >= 0.3 is 5.97 Å². The zero-order chi connectivity index (χ0) is 20.6. The lowest BCUT2D eigenvalue weighted by molar-refractivity contribution is -0.161. The van der Waals surface area contributed by atoms with Gasteiger partial charge in [-0.15, -0.1) is 6.58 Å². The van der Waals surface area contributed by atoms with Crippen molar-refractivity contribution in [3.63, 3.8) is 0 Å². The van der Waals surface area contributed by atoms with Gasteiger partial charge in [0.2, 0.25) is 0 Å². The van der Waals surface area contributed by atoms with Crippen molar-refractivity contribution in [3.05, 3.63) is 60.7 Å². The third kappa shape index (κ3) is 5.65.